The summed E-state index contributed by atoms with van der Waals surface area (Å²) in [6.07, 6.45) is 0.778. The molecule has 0 saturated carbocycles. The molecule has 0 aliphatic rings. The van der Waals surface area contributed by atoms with Crippen LogP contribution >= 0.6 is 11.6 Å². The summed E-state index contributed by atoms with van der Waals surface area (Å²) in [5, 5.41) is 0.488. The molecular weight excluding hydrogens is 298 g/mol. The molecule has 1 rings (SSSR count). The summed E-state index contributed by atoms with van der Waals surface area (Å²) in [6, 6.07) is 4.63. The van der Waals surface area contributed by atoms with Gasteiger partial charge in [0.05, 0.1) is 4.90 Å². The zero-order valence-corrected chi connectivity index (χ0v) is 13.7. The van der Waals surface area contributed by atoms with Crippen molar-refractivity contribution in [2.75, 3.05) is 34.2 Å². The molecule has 0 atom stereocenters. The smallest absolute Gasteiger partial charge is 0.242 e. The van der Waals surface area contributed by atoms with Gasteiger partial charge in [-0.2, -0.15) is 0 Å². The fourth-order valence-electron chi connectivity index (χ4n) is 1.78. The van der Waals surface area contributed by atoms with Crippen LogP contribution in [-0.4, -0.2) is 51.9 Å². The fraction of sp³-hybridized carbons (Fsp3) is 0.538. The maximum Gasteiger partial charge on any atom is 0.242 e. The van der Waals surface area contributed by atoms with Crippen LogP contribution in [0.15, 0.2) is 23.1 Å². The highest BCUT2D eigenvalue weighted by atomic mass is 35.5. The summed E-state index contributed by atoms with van der Waals surface area (Å²) in [7, 11) is 2.02. The summed E-state index contributed by atoms with van der Waals surface area (Å²) in [5.74, 6) is 0. The monoisotopic (exact) mass is 319 g/mol. The van der Waals surface area contributed by atoms with Crippen LogP contribution in [-0.2, 0) is 16.6 Å². The number of sulfonamides is 1. The van der Waals surface area contributed by atoms with Crippen LogP contribution in [0.4, 0.5) is 0 Å². The summed E-state index contributed by atoms with van der Waals surface area (Å²) in [5.41, 5.74) is 6.19. The molecular formula is C13H22ClN3O2S. The minimum atomic E-state index is -3.49. The number of halogens is 1. The fourth-order valence-corrected chi connectivity index (χ4v) is 3.23. The minimum Gasteiger partial charge on any atom is -0.326 e. The van der Waals surface area contributed by atoms with E-state index in [4.69, 9.17) is 17.3 Å². The van der Waals surface area contributed by atoms with Gasteiger partial charge in [0.15, 0.2) is 0 Å². The van der Waals surface area contributed by atoms with Gasteiger partial charge in [-0.15, -0.1) is 0 Å². The van der Waals surface area contributed by atoms with Crippen LogP contribution in [0.3, 0.4) is 0 Å². The van der Waals surface area contributed by atoms with E-state index in [9.17, 15) is 8.42 Å². The van der Waals surface area contributed by atoms with Gasteiger partial charge in [-0.25, -0.2) is 12.7 Å². The van der Waals surface area contributed by atoms with Gasteiger partial charge in [0, 0.05) is 25.2 Å². The number of nitrogens with two attached hydrogens (primary N) is 1. The molecule has 0 aromatic heterocycles. The molecule has 0 unspecified atom stereocenters. The van der Waals surface area contributed by atoms with Gasteiger partial charge < -0.3 is 10.6 Å². The summed E-state index contributed by atoms with van der Waals surface area (Å²) in [6.45, 7) is 1.53. The van der Waals surface area contributed by atoms with E-state index in [1.165, 1.54) is 10.4 Å². The highest BCUT2D eigenvalue weighted by Crippen LogP contribution is 2.22. The normalized spacial score (nSPS) is 12.3. The van der Waals surface area contributed by atoms with Crippen molar-refractivity contribution in [3.63, 3.8) is 0 Å². The van der Waals surface area contributed by atoms with Crippen LogP contribution in [0.5, 0.6) is 0 Å². The van der Waals surface area contributed by atoms with Crippen LogP contribution in [0.25, 0.3) is 0 Å². The first kappa shape index (κ1) is 17.4. The third-order valence-corrected chi connectivity index (χ3v) is 5.25. The third kappa shape index (κ3) is 4.43. The van der Waals surface area contributed by atoms with Crippen molar-refractivity contribution < 1.29 is 8.42 Å². The molecule has 0 amide bonds. The Balaban J connectivity index is 2.87. The van der Waals surface area contributed by atoms with Gasteiger partial charge in [-0.1, -0.05) is 11.6 Å². The molecule has 0 saturated heterocycles. The largest absolute Gasteiger partial charge is 0.326 e. The van der Waals surface area contributed by atoms with Crippen LogP contribution in [0.2, 0.25) is 5.02 Å². The van der Waals surface area contributed by atoms with Gasteiger partial charge in [0.25, 0.3) is 0 Å². The number of hydrogen-bond acceptors (Lipinski definition) is 4. The second kappa shape index (κ2) is 7.38. The Morgan fingerprint density at radius 2 is 1.85 bits per heavy atom. The number of rotatable bonds is 7. The Labute approximate surface area is 126 Å². The first-order chi connectivity index (χ1) is 9.28. The Kier molecular flexibility index (Phi) is 6.42. The highest BCUT2D eigenvalue weighted by molar-refractivity contribution is 7.89. The zero-order valence-electron chi connectivity index (χ0n) is 12.1. The number of nitrogens with zero attached hydrogens (tertiary/aromatic N) is 2. The second-order valence-corrected chi connectivity index (χ2v) is 7.39. The van der Waals surface area contributed by atoms with E-state index in [-0.39, 0.29) is 11.4 Å². The van der Waals surface area contributed by atoms with E-state index in [2.05, 4.69) is 0 Å². The molecule has 1 aromatic carbocycles. The van der Waals surface area contributed by atoms with Crippen molar-refractivity contribution in [1.82, 2.24) is 9.21 Å². The van der Waals surface area contributed by atoms with Gasteiger partial charge in [-0.05, 0) is 50.8 Å². The molecule has 2 N–H and O–H groups in total. The average Bonchev–Trinajstić information content (AvgIpc) is 2.38. The lowest BCUT2D eigenvalue weighted by atomic mass is 10.2. The summed E-state index contributed by atoms with van der Waals surface area (Å²) in [4.78, 5) is 2.25. The maximum absolute atomic E-state index is 12.4. The SMILES string of the molecule is CN(C)CCCN(C)S(=O)(=O)c1ccc(Cl)c(CN)c1. The molecule has 114 valence electrons. The predicted octanol–water partition coefficient (Wildman–Crippen LogP) is 1.37. The summed E-state index contributed by atoms with van der Waals surface area (Å²) < 4.78 is 26.2. The van der Waals surface area contributed by atoms with Gasteiger partial charge in [0.2, 0.25) is 10.0 Å². The lowest BCUT2D eigenvalue weighted by Gasteiger charge is -2.19. The Morgan fingerprint density at radius 1 is 1.20 bits per heavy atom. The Hall–Kier alpha value is -0.660. The zero-order chi connectivity index (χ0) is 15.3. The molecule has 0 bridgehead atoms. The topological polar surface area (TPSA) is 66.6 Å². The molecule has 20 heavy (non-hydrogen) atoms. The van der Waals surface area contributed by atoms with Crippen molar-refractivity contribution in [3.05, 3.63) is 28.8 Å². The minimum absolute atomic E-state index is 0.215. The average molecular weight is 320 g/mol. The molecule has 0 heterocycles. The van der Waals surface area contributed by atoms with E-state index < -0.39 is 10.0 Å². The van der Waals surface area contributed by atoms with Crippen molar-refractivity contribution >= 4 is 21.6 Å². The van der Waals surface area contributed by atoms with E-state index in [0.29, 0.717) is 17.1 Å². The van der Waals surface area contributed by atoms with Crippen LogP contribution in [0.1, 0.15) is 12.0 Å². The lowest BCUT2D eigenvalue weighted by Crippen LogP contribution is -2.30. The highest BCUT2D eigenvalue weighted by Gasteiger charge is 2.21. The first-order valence-corrected chi connectivity index (χ1v) is 8.20. The van der Waals surface area contributed by atoms with Gasteiger partial charge >= 0.3 is 0 Å². The molecule has 7 heteroatoms. The third-order valence-electron chi connectivity index (χ3n) is 3.02. The standard InChI is InChI=1S/C13H22ClN3O2S/c1-16(2)7-4-8-17(3)20(18,19)12-5-6-13(14)11(9-12)10-15/h5-6,9H,4,7-8,10,15H2,1-3H3. The van der Waals surface area contributed by atoms with Crippen molar-refractivity contribution in [2.24, 2.45) is 5.73 Å². The number of hydrogen-bond donors (Lipinski definition) is 1. The predicted molar refractivity (Wildman–Crippen MR) is 82.3 cm³/mol. The van der Waals surface area contributed by atoms with Crippen molar-refractivity contribution in [3.8, 4) is 0 Å². The van der Waals surface area contributed by atoms with Crippen molar-refractivity contribution in [1.29, 1.82) is 0 Å². The maximum atomic E-state index is 12.4. The van der Waals surface area contributed by atoms with E-state index in [1.807, 2.05) is 19.0 Å². The quantitative estimate of drug-likeness (QED) is 0.824. The van der Waals surface area contributed by atoms with Crippen molar-refractivity contribution in [2.45, 2.75) is 17.9 Å². The summed E-state index contributed by atoms with van der Waals surface area (Å²) >= 11 is 5.95. The molecule has 0 radical (unpaired) electrons. The molecule has 0 fully saturated rings. The van der Waals surface area contributed by atoms with E-state index in [0.717, 1.165) is 13.0 Å². The second-order valence-electron chi connectivity index (χ2n) is 4.94. The van der Waals surface area contributed by atoms with E-state index in [1.54, 1.807) is 19.2 Å². The molecule has 5 nitrogen and oxygen atoms in total. The Bertz CT molecular complexity index is 547. The molecule has 0 aliphatic heterocycles. The first-order valence-electron chi connectivity index (χ1n) is 6.38. The lowest BCUT2D eigenvalue weighted by molar-refractivity contribution is 0.370. The van der Waals surface area contributed by atoms with Crippen LogP contribution < -0.4 is 5.73 Å². The van der Waals surface area contributed by atoms with E-state index >= 15 is 0 Å². The van der Waals surface area contributed by atoms with Gasteiger partial charge in [0.1, 0.15) is 0 Å². The van der Waals surface area contributed by atoms with Gasteiger partial charge in [-0.3, -0.25) is 0 Å². The number of benzene rings is 1. The molecule has 0 aliphatic carbocycles. The van der Waals surface area contributed by atoms with Crippen LogP contribution in [0, 0.1) is 0 Å². The molecule has 0 spiro atoms. The Morgan fingerprint density at radius 3 is 2.40 bits per heavy atom. The molecule has 1 aromatic rings.